The van der Waals surface area contributed by atoms with E-state index in [1.165, 1.54) is 12.8 Å². The number of hydrogen-bond acceptors (Lipinski definition) is 5. The number of aromatic nitrogens is 2. The molecule has 1 fully saturated rings. The molecule has 1 aromatic heterocycles. The number of ether oxygens (including phenoxy) is 2. The van der Waals surface area contributed by atoms with Crippen molar-refractivity contribution in [2.75, 3.05) is 21.3 Å². The molecule has 1 heterocycles. The summed E-state index contributed by atoms with van der Waals surface area (Å²) in [4.78, 5) is 8.69. The van der Waals surface area contributed by atoms with Crippen LogP contribution in [0.25, 0.3) is 0 Å². The van der Waals surface area contributed by atoms with E-state index in [0.29, 0.717) is 17.8 Å². The maximum absolute atomic E-state index is 5.14. The lowest BCUT2D eigenvalue weighted by atomic mass is 10.1. The molecule has 5 nitrogen and oxygen atoms in total. The zero-order valence-electron chi connectivity index (χ0n) is 10.6. The van der Waals surface area contributed by atoms with Crippen molar-refractivity contribution in [1.82, 2.24) is 15.3 Å². The van der Waals surface area contributed by atoms with Gasteiger partial charge in [-0.25, -0.2) is 0 Å². The molecule has 2 rings (SSSR count). The van der Waals surface area contributed by atoms with Gasteiger partial charge < -0.3 is 14.8 Å². The lowest BCUT2D eigenvalue weighted by Gasteiger charge is -2.14. The molecule has 1 aliphatic rings. The second kappa shape index (κ2) is 5.31. The Bertz CT molecular complexity index is 358. The van der Waals surface area contributed by atoms with Gasteiger partial charge in [0.25, 0.3) is 0 Å². The van der Waals surface area contributed by atoms with Gasteiger partial charge in [-0.1, -0.05) is 0 Å². The highest BCUT2D eigenvalue weighted by Gasteiger charge is 2.30. The Morgan fingerprint density at radius 1 is 1.29 bits per heavy atom. The van der Waals surface area contributed by atoms with Crippen LogP contribution in [0, 0.1) is 5.92 Å². The largest absolute Gasteiger partial charge is 0.481 e. The topological polar surface area (TPSA) is 56.3 Å². The molecule has 94 valence electrons. The van der Waals surface area contributed by atoms with Crippen molar-refractivity contribution in [3.63, 3.8) is 0 Å². The number of nitrogens with one attached hydrogen (secondary N) is 1. The lowest BCUT2D eigenvalue weighted by Crippen LogP contribution is -2.30. The van der Waals surface area contributed by atoms with Gasteiger partial charge in [0, 0.05) is 12.5 Å². The Hall–Kier alpha value is -1.36. The van der Waals surface area contributed by atoms with Crippen LogP contribution in [0.5, 0.6) is 11.8 Å². The fourth-order valence-corrected chi connectivity index (χ4v) is 1.95. The Morgan fingerprint density at radius 2 is 1.88 bits per heavy atom. The third-order valence-electron chi connectivity index (χ3n) is 3.11. The van der Waals surface area contributed by atoms with E-state index in [0.717, 1.165) is 18.2 Å². The summed E-state index contributed by atoms with van der Waals surface area (Å²) in [7, 11) is 5.18. The van der Waals surface area contributed by atoms with Crippen LogP contribution in [-0.4, -0.2) is 37.3 Å². The molecule has 0 aromatic carbocycles. The number of methoxy groups -OCH3 is 2. The summed E-state index contributed by atoms with van der Waals surface area (Å²) in [6, 6.07) is 2.14. The predicted octanol–water partition coefficient (Wildman–Crippen LogP) is 1.03. The van der Waals surface area contributed by atoms with Gasteiger partial charge >= 0.3 is 0 Å². The SMILES string of the molecule is CNC(Cc1nc(OC)cc(OC)n1)C1CC1. The van der Waals surface area contributed by atoms with Crippen LogP contribution in [0.2, 0.25) is 0 Å². The molecular formula is C12H19N3O2. The molecule has 1 aliphatic carbocycles. The van der Waals surface area contributed by atoms with Crippen LogP contribution in [0.3, 0.4) is 0 Å². The molecule has 17 heavy (non-hydrogen) atoms. The van der Waals surface area contributed by atoms with E-state index < -0.39 is 0 Å². The van der Waals surface area contributed by atoms with E-state index in [1.54, 1.807) is 20.3 Å². The van der Waals surface area contributed by atoms with Crippen molar-refractivity contribution in [2.24, 2.45) is 5.92 Å². The van der Waals surface area contributed by atoms with Crippen LogP contribution < -0.4 is 14.8 Å². The molecular weight excluding hydrogens is 218 g/mol. The van der Waals surface area contributed by atoms with Gasteiger partial charge in [0.05, 0.1) is 20.3 Å². The third kappa shape index (κ3) is 3.06. The van der Waals surface area contributed by atoms with Gasteiger partial charge in [0.2, 0.25) is 11.8 Å². The van der Waals surface area contributed by atoms with Gasteiger partial charge in [-0.15, -0.1) is 0 Å². The summed E-state index contributed by atoms with van der Waals surface area (Å²) < 4.78 is 10.3. The minimum atomic E-state index is 0.451. The minimum absolute atomic E-state index is 0.451. The Kier molecular flexibility index (Phi) is 3.78. The predicted molar refractivity (Wildman–Crippen MR) is 64.4 cm³/mol. The minimum Gasteiger partial charge on any atom is -0.481 e. The van der Waals surface area contributed by atoms with E-state index in [1.807, 2.05) is 7.05 Å². The van der Waals surface area contributed by atoms with Crippen LogP contribution in [0.15, 0.2) is 6.07 Å². The number of hydrogen-bond donors (Lipinski definition) is 1. The number of nitrogens with zero attached hydrogens (tertiary/aromatic N) is 2. The molecule has 0 bridgehead atoms. The molecule has 1 N–H and O–H groups in total. The zero-order valence-corrected chi connectivity index (χ0v) is 10.6. The Morgan fingerprint density at radius 3 is 2.29 bits per heavy atom. The highest BCUT2D eigenvalue weighted by Crippen LogP contribution is 2.33. The molecule has 0 radical (unpaired) electrons. The summed E-state index contributed by atoms with van der Waals surface area (Å²) >= 11 is 0. The molecule has 0 aliphatic heterocycles. The highest BCUT2D eigenvalue weighted by molar-refractivity contribution is 5.21. The maximum atomic E-state index is 5.14. The Balaban J connectivity index is 2.12. The first-order valence-electron chi connectivity index (χ1n) is 5.90. The third-order valence-corrected chi connectivity index (χ3v) is 3.11. The van der Waals surface area contributed by atoms with Crippen LogP contribution in [-0.2, 0) is 6.42 Å². The normalized spacial score (nSPS) is 16.6. The highest BCUT2D eigenvalue weighted by atomic mass is 16.5. The van der Waals surface area contributed by atoms with Crippen molar-refractivity contribution in [3.05, 3.63) is 11.9 Å². The lowest BCUT2D eigenvalue weighted by molar-refractivity contribution is 0.365. The van der Waals surface area contributed by atoms with Crippen molar-refractivity contribution < 1.29 is 9.47 Å². The van der Waals surface area contributed by atoms with Gasteiger partial charge in [-0.2, -0.15) is 9.97 Å². The number of likely N-dealkylation sites (N-methyl/N-ethyl adjacent to an activating group) is 1. The fourth-order valence-electron chi connectivity index (χ4n) is 1.95. The zero-order chi connectivity index (χ0) is 12.3. The maximum Gasteiger partial charge on any atom is 0.220 e. The number of rotatable bonds is 6. The van der Waals surface area contributed by atoms with Gasteiger partial charge in [-0.05, 0) is 25.8 Å². The van der Waals surface area contributed by atoms with Crippen molar-refractivity contribution >= 4 is 0 Å². The average molecular weight is 237 g/mol. The van der Waals surface area contributed by atoms with Crippen molar-refractivity contribution in [3.8, 4) is 11.8 Å². The second-order valence-electron chi connectivity index (χ2n) is 4.31. The summed E-state index contributed by atoms with van der Waals surface area (Å²) in [5.41, 5.74) is 0. The molecule has 1 aromatic rings. The quantitative estimate of drug-likeness (QED) is 0.801. The molecule has 1 saturated carbocycles. The molecule has 0 saturated heterocycles. The Labute approximate surface area is 102 Å². The fraction of sp³-hybridized carbons (Fsp3) is 0.667. The van der Waals surface area contributed by atoms with E-state index in [2.05, 4.69) is 15.3 Å². The molecule has 1 atom stereocenters. The van der Waals surface area contributed by atoms with Gasteiger partial charge in [0.15, 0.2) is 0 Å². The van der Waals surface area contributed by atoms with Crippen molar-refractivity contribution in [1.29, 1.82) is 0 Å². The smallest absolute Gasteiger partial charge is 0.220 e. The van der Waals surface area contributed by atoms with Crippen LogP contribution in [0.1, 0.15) is 18.7 Å². The molecule has 0 amide bonds. The van der Waals surface area contributed by atoms with E-state index in [9.17, 15) is 0 Å². The molecule has 0 spiro atoms. The van der Waals surface area contributed by atoms with Gasteiger partial charge in [-0.3, -0.25) is 0 Å². The monoisotopic (exact) mass is 237 g/mol. The average Bonchev–Trinajstić information content (AvgIpc) is 3.19. The first-order chi connectivity index (χ1) is 8.26. The standard InChI is InChI=1S/C12H19N3O2/c1-13-9(8-4-5-8)6-10-14-11(16-2)7-12(15-10)17-3/h7-9,13H,4-6H2,1-3H3. The second-order valence-corrected chi connectivity index (χ2v) is 4.31. The van der Waals surface area contributed by atoms with Crippen LogP contribution in [0.4, 0.5) is 0 Å². The van der Waals surface area contributed by atoms with E-state index >= 15 is 0 Å². The molecule has 5 heteroatoms. The summed E-state index contributed by atoms with van der Waals surface area (Å²) in [6.45, 7) is 0. The first-order valence-corrected chi connectivity index (χ1v) is 5.90. The first kappa shape index (κ1) is 12.1. The van der Waals surface area contributed by atoms with Gasteiger partial charge in [0.1, 0.15) is 5.82 Å². The van der Waals surface area contributed by atoms with E-state index in [4.69, 9.17) is 9.47 Å². The summed E-state index contributed by atoms with van der Waals surface area (Å²) in [5.74, 6) is 2.64. The summed E-state index contributed by atoms with van der Waals surface area (Å²) in [5, 5.41) is 3.33. The van der Waals surface area contributed by atoms with Crippen molar-refractivity contribution in [2.45, 2.75) is 25.3 Å². The van der Waals surface area contributed by atoms with Crippen LogP contribution >= 0.6 is 0 Å². The summed E-state index contributed by atoms with van der Waals surface area (Å²) in [6.07, 6.45) is 3.41. The molecule has 1 unspecified atom stereocenters. The van der Waals surface area contributed by atoms with E-state index in [-0.39, 0.29) is 0 Å².